The van der Waals surface area contributed by atoms with Gasteiger partial charge in [0.05, 0.1) is 40.1 Å². The number of aromatic nitrogens is 2. The van der Waals surface area contributed by atoms with Gasteiger partial charge in [-0.2, -0.15) is 0 Å². The second-order valence-corrected chi connectivity index (χ2v) is 7.28. The van der Waals surface area contributed by atoms with Crippen LogP contribution in [0.25, 0.3) is 21.5 Å². The van der Waals surface area contributed by atoms with Crippen LogP contribution in [0.5, 0.6) is 0 Å². The molecule has 1 unspecified atom stereocenters. The minimum Gasteiger partial charge on any atom is -0.465 e. The first-order valence-corrected chi connectivity index (χ1v) is 9.82. The molecule has 1 aliphatic rings. The maximum Gasteiger partial charge on any atom is 0.337 e. The number of benzene rings is 1. The van der Waals surface area contributed by atoms with Gasteiger partial charge in [0.1, 0.15) is 0 Å². The van der Waals surface area contributed by atoms with Crippen LogP contribution in [-0.2, 0) is 32.3 Å². The summed E-state index contributed by atoms with van der Waals surface area (Å²) in [4.78, 5) is 74.0. The average molecular weight is 438 g/mol. The second-order valence-electron chi connectivity index (χ2n) is 7.28. The number of fused-ring (bicyclic) bond motifs is 2. The van der Waals surface area contributed by atoms with Crippen molar-refractivity contribution >= 4 is 33.5 Å². The lowest BCUT2D eigenvalue weighted by molar-refractivity contribution is -0.151. The summed E-state index contributed by atoms with van der Waals surface area (Å²) in [6.07, 6.45) is 4.66. The molecule has 1 aromatic carbocycles. The lowest BCUT2D eigenvalue weighted by atomic mass is 9.97. The van der Waals surface area contributed by atoms with Crippen LogP contribution in [0.2, 0.25) is 0 Å². The summed E-state index contributed by atoms with van der Waals surface area (Å²) in [6, 6.07) is 2.48. The van der Waals surface area contributed by atoms with E-state index in [1.54, 1.807) is 6.92 Å². The van der Waals surface area contributed by atoms with Gasteiger partial charge < -0.3 is 9.47 Å². The minimum atomic E-state index is -0.720. The number of carbonyl (C=O) groups is 2. The van der Waals surface area contributed by atoms with Crippen LogP contribution in [0.15, 0.2) is 55.1 Å². The highest BCUT2D eigenvalue weighted by atomic mass is 16.5. The Kier molecular flexibility index (Phi) is 5.21. The average Bonchev–Trinajstić information content (AvgIpc) is 3.19. The van der Waals surface area contributed by atoms with Crippen molar-refractivity contribution in [3.63, 3.8) is 0 Å². The zero-order valence-corrected chi connectivity index (χ0v) is 17.2. The van der Waals surface area contributed by atoms with Gasteiger partial charge >= 0.3 is 11.9 Å². The summed E-state index contributed by atoms with van der Waals surface area (Å²) in [6.45, 7) is 1.21. The Balaban J connectivity index is 1.61. The van der Waals surface area contributed by atoms with Gasteiger partial charge in [-0.05, 0) is 25.5 Å². The summed E-state index contributed by atoms with van der Waals surface area (Å²) in [5.74, 6) is -1.88. The predicted molar refractivity (Wildman–Crippen MR) is 114 cm³/mol. The van der Waals surface area contributed by atoms with Gasteiger partial charge in [-0.3, -0.25) is 28.5 Å². The molecule has 2 heterocycles. The fourth-order valence-electron chi connectivity index (χ4n) is 3.78. The molecule has 32 heavy (non-hydrogen) atoms. The topological polar surface area (TPSA) is 131 Å². The molecule has 0 N–H and O–H groups in total. The molecule has 2 aromatic heterocycles. The number of hydrogen-bond donors (Lipinski definition) is 0. The summed E-state index contributed by atoms with van der Waals surface area (Å²) >= 11 is 0. The Morgan fingerprint density at radius 1 is 0.938 bits per heavy atom. The molecule has 0 aliphatic heterocycles. The maximum absolute atomic E-state index is 12.7. The first kappa shape index (κ1) is 21.2. The van der Waals surface area contributed by atoms with Crippen LogP contribution in [-0.4, -0.2) is 28.2 Å². The van der Waals surface area contributed by atoms with E-state index in [9.17, 15) is 28.8 Å². The normalized spacial score (nSPS) is 15.8. The minimum absolute atomic E-state index is 0.0212. The maximum atomic E-state index is 12.7. The first-order chi connectivity index (χ1) is 15.3. The Hall–Kier alpha value is -4.08. The largest absolute Gasteiger partial charge is 0.465 e. The van der Waals surface area contributed by atoms with Crippen molar-refractivity contribution in [3.05, 3.63) is 77.3 Å². The molecule has 4 rings (SSSR count). The number of allylic oxidation sites excluding steroid dienone is 1. The molecular weight excluding hydrogens is 420 g/mol. The van der Waals surface area contributed by atoms with Gasteiger partial charge in [0.2, 0.25) is 0 Å². The van der Waals surface area contributed by atoms with Crippen LogP contribution < -0.4 is 22.2 Å². The predicted octanol–water partition coefficient (Wildman–Crippen LogP) is 0.108. The summed E-state index contributed by atoms with van der Waals surface area (Å²) in [7, 11) is 1.25. The first-order valence-electron chi connectivity index (χ1n) is 9.82. The second kappa shape index (κ2) is 7.88. The van der Waals surface area contributed by atoms with Crippen LogP contribution >= 0.6 is 0 Å². The summed E-state index contributed by atoms with van der Waals surface area (Å²) in [5.41, 5.74) is -2.17. The number of nitrogens with zero attached hydrogens (tertiary/aromatic N) is 2. The number of hydrogen-bond acceptors (Lipinski definition) is 8. The molecule has 0 radical (unpaired) electrons. The number of esters is 2. The van der Waals surface area contributed by atoms with Crippen molar-refractivity contribution in [2.24, 2.45) is 5.92 Å². The number of carbonyl (C=O) groups excluding carboxylic acids is 2. The molecule has 164 valence electrons. The van der Waals surface area contributed by atoms with Crippen molar-refractivity contribution in [1.29, 1.82) is 0 Å². The summed E-state index contributed by atoms with van der Waals surface area (Å²) in [5, 5.41) is 0.0894. The lowest BCUT2D eigenvalue weighted by Gasteiger charge is -2.14. The molecule has 1 aliphatic carbocycles. The Morgan fingerprint density at radius 2 is 1.47 bits per heavy atom. The van der Waals surface area contributed by atoms with E-state index in [1.807, 2.05) is 0 Å². The van der Waals surface area contributed by atoms with Crippen molar-refractivity contribution < 1.29 is 19.1 Å². The van der Waals surface area contributed by atoms with Gasteiger partial charge in [0.25, 0.3) is 22.2 Å². The third-order valence-electron chi connectivity index (χ3n) is 5.54. The number of ether oxygens (including phenoxy) is 2. The zero-order valence-electron chi connectivity index (χ0n) is 17.2. The molecule has 0 fully saturated rings. The smallest absolute Gasteiger partial charge is 0.337 e. The molecular formula is C22H18N2O8. The SMILES string of the molecule is CCn1c(=O)c2cc3c(=O)n(COC(=O)C4C=CC(C(=O)OC)=CC4)c(=O)c3cc2c1=O. The number of rotatable bonds is 5. The van der Waals surface area contributed by atoms with E-state index in [0.29, 0.717) is 5.57 Å². The van der Waals surface area contributed by atoms with Gasteiger partial charge in [0.15, 0.2) is 6.73 Å². The molecule has 0 spiro atoms. The molecule has 1 atom stereocenters. The van der Waals surface area contributed by atoms with Crippen LogP contribution in [0, 0.1) is 5.92 Å². The standard InChI is InChI=1S/C22H18N2O8/c1-3-23-17(25)13-8-15-16(9-14(13)18(23)26)20(28)24(19(15)27)10-32-22(30)12-6-4-11(5-7-12)21(29)31-2/h4-6,8-9,12H,3,7,10H2,1-2H3. The lowest BCUT2D eigenvalue weighted by Crippen LogP contribution is -2.29. The summed E-state index contributed by atoms with van der Waals surface area (Å²) < 4.78 is 11.5. The van der Waals surface area contributed by atoms with Crippen molar-refractivity contribution in [3.8, 4) is 0 Å². The van der Waals surface area contributed by atoms with Gasteiger partial charge in [-0.25, -0.2) is 9.36 Å². The van der Waals surface area contributed by atoms with E-state index in [4.69, 9.17) is 4.74 Å². The third-order valence-corrected chi connectivity index (χ3v) is 5.54. The van der Waals surface area contributed by atoms with Crippen molar-refractivity contribution in [2.45, 2.75) is 26.6 Å². The Bertz CT molecular complexity index is 1460. The van der Waals surface area contributed by atoms with Crippen molar-refractivity contribution in [1.82, 2.24) is 9.13 Å². The molecule has 10 heteroatoms. The van der Waals surface area contributed by atoms with E-state index in [-0.39, 0.29) is 34.5 Å². The monoisotopic (exact) mass is 438 g/mol. The molecule has 0 bridgehead atoms. The Labute approximate surface area is 179 Å². The highest BCUT2D eigenvalue weighted by Crippen LogP contribution is 2.19. The molecule has 0 saturated heterocycles. The Morgan fingerprint density at radius 3 is 1.91 bits per heavy atom. The van der Waals surface area contributed by atoms with E-state index in [2.05, 4.69) is 4.74 Å². The highest BCUT2D eigenvalue weighted by Gasteiger charge is 2.23. The third kappa shape index (κ3) is 3.20. The van der Waals surface area contributed by atoms with Crippen LogP contribution in [0.3, 0.4) is 0 Å². The van der Waals surface area contributed by atoms with Crippen molar-refractivity contribution in [2.75, 3.05) is 7.11 Å². The van der Waals surface area contributed by atoms with E-state index >= 15 is 0 Å². The molecule has 10 nitrogen and oxygen atoms in total. The van der Waals surface area contributed by atoms with Crippen LogP contribution in [0.1, 0.15) is 13.3 Å². The van der Waals surface area contributed by atoms with E-state index < -0.39 is 46.8 Å². The number of methoxy groups -OCH3 is 1. The zero-order chi connectivity index (χ0) is 23.2. The van der Waals surface area contributed by atoms with Gasteiger partial charge in [-0.1, -0.05) is 18.2 Å². The molecule has 0 amide bonds. The quantitative estimate of drug-likeness (QED) is 0.513. The molecule has 3 aromatic rings. The molecule has 0 saturated carbocycles. The van der Waals surface area contributed by atoms with E-state index in [1.165, 1.54) is 37.5 Å². The van der Waals surface area contributed by atoms with Crippen LogP contribution in [0.4, 0.5) is 0 Å². The highest BCUT2D eigenvalue weighted by molar-refractivity contribution is 5.98. The fraction of sp³-hybridized carbons (Fsp3) is 0.273. The fourth-order valence-corrected chi connectivity index (χ4v) is 3.78. The van der Waals surface area contributed by atoms with E-state index in [0.717, 1.165) is 9.13 Å². The van der Waals surface area contributed by atoms with Gasteiger partial charge in [-0.15, -0.1) is 0 Å². The van der Waals surface area contributed by atoms with Gasteiger partial charge in [0, 0.05) is 6.54 Å².